The second kappa shape index (κ2) is 7.49. The van der Waals surface area contributed by atoms with Gasteiger partial charge in [0, 0.05) is 0 Å². The van der Waals surface area contributed by atoms with E-state index in [-0.39, 0.29) is 12.4 Å². The smallest absolute Gasteiger partial charge is 0.147 e. The normalized spacial score (nSPS) is 8.62. The van der Waals surface area contributed by atoms with Crippen LogP contribution in [0.25, 0.3) is 0 Å². The predicted octanol–water partition coefficient (Wildman–Crippen LogP) is 3.62. The summed E-state index contributed by atoms with van der Waals surface area (Å²) < 4.78 is 1.65. The quantitative estimate of drug-likeness (QED) is 0.564. The summed E-state index contributed by atoms with van der Waals surface area (Å²) in [6.07, 6.45) is 4.15. The van der Waals surface area contributed by atoms with Gasteiger partial charge in [-0.05, 0) is 0 Å². The fourth-order valence-corrected chi connectivity index (χ4v) is 10.3. The second-order valence-electron chi connectivity index (χ2n) is 3.09. The summed E-state index contributed by atoms with van der Waals surface area (Å²) in [4.78, 5) is 0. The Balaban J connectivity index is 0.00000144. The molecule has 0 nitrogen and oxygen atoms in total. The maximum Gasteiger partial charge on any atom is -0.147 e. The van der Waals surface area contributed by atoms with Gasteiger partial charge in [-0.25, -0.2) is 0 Å². The molecule has 0 spiro atoms. The molecule has 1 aromatic heterocycles. The second-order valence-corrected chi connectivity index (χ2v) is 12.8. The van der Waals surface area contributed by atoms with Crippen LogP contribution in [-0.2, 0) is 16.0 Å². The minimum atomic E-state index is -1.44. The topological polar surface area (TPSA) is 0 Å². The third kappa shape index (κ3) is 4.22. The van der Waals surface area contributed by atoms with E-state index in [9.17, 15) is 0 Å². The molecule has 0 saturated heterocycles. The number of halogens is 1. The fraction of sp³-hybridized carbons (Fsp3) is 0.200. The molecule has 0 aliphatic carbocycles. The maximum absolute atomic E-state index is 3.82. The van der Waals surface area contributed by atoms with Gasteiger partial charge in [-0.3, -0.25) is 0 Å². The summed E-state index contributed by atoms with van der Waals surface area (Å²) in [6.45, 7) is 7.63. The Bertz CT molecular complexity index is 233. The van der Waals surface area contributed by atoms with E-state index >= 15 is 0 Å². The van der Waals surface area contributed by atoms with Crippen LogP contribution in [0.15, 0.2) is 42.8 Å². The number of rotatable bonds is 5. The van der Waals surface area contributed by atoms with E-state index in [1.165, 1.54) is 10.0 Å². The van der Waals surface area contributed by atoms with E-state index in [0.717, 1.165) is 0 Å². The molecule has 0 aromatic carbocycles. The molecule has 1 rings (SSSR count). The van der Waals surface area contributed by atoms with Crippen molar-refractivity contribution in [3.63, 3.8) is 0 Å². The van der Waals surface area contributed by atoms with E-state index in [1.807, 2.05) is 11.3 Å². The van der Waals surface area contributed by atoms with Crippen molar-refractivity contribution < 1.29 is 16.0 Å². The van der Waals surface area contributed by atoms with Crippen LogP contribution >= 0.6 is 23.7 Å². The Kier molecular flexibility index (Phi) is 7.55. The minimum absolute atomic E-state index is 0. The van der Waals surface area contributed by atoms with Crippen molar-refractivity contribution in [3.05, 3.63) is 42.8 Å². The van der Waals surface area contributed by atoms with Crippen molar-refractivity contribution in [2.24, 2.45) is 0 Å². The molecule has 0 fully saturated rings. The summed E-state index contributed by atoms with van der Waals surface area (Å²) in [5.41, 5.74) is 0. The number of hydrogen-bond donors (Lipinski definition) is 0. The fourth-order valence-electron chi connectivity index (χ4n) is 1.49. The molecule has 13 heavy (non-hydrogen) atoms. The molecule has 0 saturated carbocycles. The van der Waals surface area contributed by atoms with E-state index in [4.69, 9.17) is 0 Å². The van der Waals surface area contributed by atoms with Crippen molar-refractivity contribution >= 4 is 27.2 Å². The zero-order chi connectivity index (χ0) is 8.81. The predicted molar refractivity (Wildman–Crippen MR) is 61.2 cm³/mol. The third-order valence-corrected chi connectivity index (χ3v) is 13.3. The largest absolute Gasteiger partial charge is 0.147 e. The number of thiophene rings is 1. The van der Waals surface area contributed by atoms with Gasteiger partial charge in [0.25, 0.3) is 0 Å². The molecule has 0 aliphatic rings. The first-order valence-electron chi connectivity index (χ1n) is 4.38. The molecule has 1 heterocycles. The van der Waals surface area contributed by atoms with Crippen LogP contribution < -0.4 is 3.47 Å². The molecule has 0 amide bonds. The van der Waals surface area contributed by atoms with Gasteiger partial charge < -0.3 is 0 Å². The SMILES string of the molecule is C=C[CH2][Zn]([CH2]C=C)[c]1cccs1.Cl. The maximum atomic E-state index is 3.82. The summed E-state index contributed by atoms with van der Waals surface area (Å²) in [5, 5.41) is 4.68. The molecular weight excluding hydrogens is 253 g/mol. The van der Waals surface area contributed by atoms with Gasteiger partial charge in [0.05, 0.1) is 0 Å². The first kappa shape index (κ1) is 13.1. The zero-order valence-electron chi connectivity index (χ0n) is 7.74. The van der Waals surface area contributed by atoms with Gasteiger partial charge in [0.15, 0.2) is 0 Å². The third-order valence-electron chi connectivity index (χ3n) is 2.18. The standard InChI is InChI=1S/C4H3S.2C3H5.ClH.Zn/c1-2-4-5-3-1;2*1-3-2;;/h1-3H;2*3H,1-2H2;1H;. The van der Waals surface area contributed by atoms with Gasteiger partial charge in [-0.15, -0.1) is 12.4 Å². The van der Waals surface area contributed by atoms with Crippen LogP contribution in [0.2, 0.25) is 10.0 Å². The van der Waals surface area contributed by atoms with Crippen molar-refractivity contribution in [2.45, 2.75) is 10.0 Å². The molecule has 3 heteroatoms. The Morgan fingerprint density at radius 2 is 1.92 bits per heavy atom. The van der Waals surface area contributed by atoms with Crippen LogP contribution in [0.4, 0.5) is 0 Å². The summed E-state index contributed by atoms with van der Waals surface area (Å²) in [7, 11) is 0. The molecule has 0 bridgehead atoms. The van der Waals surface area contributed by atoms with Crippen LogP contribution in [0, 0.1) is 0 Å². The van der Waals surface area contributed by atoms with E-state index in [0.29, 0.717) is 0 Å². The average Bonchev–Trinajstić information content (AvgIpc) is 2.56. The van der Waals surface area contributed by atoms with Crippen LogP contribution in [-0.4, -0.2) is 0 Å². The van der Waals surface area contributed by atoms with Gasteiger partial charge in [0.1, 0.15) is 0 Å². The average molecular weight is 267 g/mol. The molecule has 0 atom stereocenters. The molecule has 0 unspecified atom stereocenters. The van der Waals surface area contributed by atoms with Crippen molar-refractivity contribution in [1.29, 1.82) is 0 Å². The Labute approximate surface area is 95.7 Å². The zero-order valence-corrected chi connectivity index (χ0v) is 12.3. The van der Waals surface area contributed by atoms with Crippen LogP contribution in [0.5, 0.6) is 0 Å². The summed E-state index contributed by atoms with van der Waals surface area (Å²) >= 11 is 0.468. The van der Waals surface area contributed by atoms with Crippen LogP contribution in [0.1, 0.15) is 0 Å². The summed E-state index contributed by atoms with van der Waals surface area (Å²) in [6, 6.07) is 4.42. The Morgan fingerprint density at radius 3 is 2.31 bits per heavy atom. The van der Waals surface area contributed by atoms with Crippen molar-refractivity contribution in [3.8, 4) is 0 Å². The van der Waals surface area contributed by atoms with E-state index in [2.05, 4.69) is 42.8 Å². The van der Waals surface area contributed by atoms with E-state index < -0.39 is 16.0 Å². The number of allylic oxidation sites excluding steroid dienone is 2. The van der Waals surface area contributed by atoms with Gasteiger partial charge in [-0.1, -0.05) is 0 Å². The van der Waals surface area contributed by atoms with Crippen LogP contribution in [0.3, 0.4) is 0 Å². The van der Waals surface area contributed by atoms with Crippen molar-refractivity contribution in [1.82, 2.24) is 0 Å². The monoisotopic (exact) mass is 265 g/mol. The molecule has 69 valence electrons. The first-order valence-corrected chi connectivity index (χ1v) is 10.9. The van der Waals surface area contributed by atoms with E-state index in [1.54, 1.807) is 3.47 Å². The first-order chi connectivity index (χ1) is 5.88. The molecule has 1 aromatic rings. The molecule has 0 radical (unpaired) electrons. The van der Waals surface area contributed by atoms with Gasteiger partial charge >= 0.3 is 83.6 Å². The molecular formula is C10H14ClSZn. The minimum Gasteiger partial charge on any atom is -0.147 e. The number of hydrogen-bond acceptors (Lipinski definition) is 1. The van der Waals surface area contributed by atoms with Gasteiger partial charge in [0.2, 0.25) is 0 Å². The molecule has 0 N–H and O–H groups in total. The summed E-state index contributed by atoms with van der Waals surface area (Å²) in [5.74, 6) is 0. The van der Waals surface area contributed by atoms with Crippen molar-refractivity contribution in [2.75, 3.05) is 0 Å². The molecule has 0 aliphatic heterocycles. The van der Waals surface area contributed by atoms with Gasteiger partial charge in [-0.2, -0.15) is 0 Å². The Hall–Kier alpha value is 0.0934. The Morgan fingerprint density at radius 1 is 1.31 bits per heavy atom.